The van der Waals surface area contributed by atoms with Crippen molar-refractivity contribution in [2.75, 3.05) is 53.5 Å². The van der Waals surface area contributed by atoms with E-state index in [9.17, 15) is 9.59 Å². The van der Waals surface area contributed by atoms with E-state index in [1.165, 1.54) is 28.4 Å². The Labute approximate surface area is 211 Å². The van der Waals surface area contributed by atoms with Gasteiger partial charge >= 0.3 is 12.0 Å². The number of amides is 2. The van der Waals surface area contributed by atoms with Crippen molar-refractivity contribution in [3.05, 3.63) is 35.4 Å². The number of ether oxygens (including phenoxy) is 6. The second-order valence-corrected chi connectivity index (χ2v) is 7.95. The lowest BCUT2D eigenvalue weighted by atomic mass is 9.90. The van der Waals surface area contributed by atoms with Crippen LogP contribution in [0.25, 0.3) is 0 Å². The topological polar surface area (TPSA) is 105 Å². The van der Waals surface area contributed by atoms with Crippen LogP contribution in [0.5, 0.6) is 28.7 Å². The first-order valence-corrected chi connectivity index (χ1v) is 11.8. The van der Waals surface area contributed by atoms with Gasteiger partial charge in [0.25, 0.3) is 0 Å². The zero-order valence-electron chi connectivity index (χ0n) is 21.6. The molecule has 0 spiro atoms. The van der Waals surface area contributed by atoms with Gasteiger partial charge in [0.15, 0.2) is 23.0 Å². The van der Waals surface area contributed by atoms with Crippen LogP contribution in [0.1, 0.15) is 37.4 Å². The maximum absolute atomic E-state index is 13.5. The van der Waals surface area contributed by atoms with Crippen LogP contribution in [0.15, 0.2) is 24.3 Å². The molecule has 0 aromatic heterocycles. The average Bonchev–Trinajstić information content (AvgIpc) is 2.88. The van der Waals surface area contributed by atoms with Crippen molar-refractivity contribution < 1.29 is 38.0 Å². The summed E-state index contributed by atoms with van der Waals surface area (Å²) >= 11 is 0. The van der Waals surface area contributed by atoms with Gasteiger partial charge in [-0.3, -0.25) is 4.79 Å². The number of fused-ring (bicyclic) bond motifs is 1. The number of nitrogens with zero attached hydrogens (tertiary/aromatic N) is 1. The van der Waals surface area contributed by atoms with Crippen LogP contribution in [-0.4, -0.2) is 65.1 Å². The molecular weight excluding hydrogens is 468 g/mol. The zero-order valence-corrected chi connectivity index (χ0v) is 21.6. The minimum atomic E-state index is -0.557. The van der Waals surface area contributed by atoms with Gasteiger partial charge in [0, 0.05) is 18.7 Å². The van der Waals surface area contributed by atoms with Gasteiger partial charge in [-0.15, -0.1) is 0 Å². The standard InChI is InChI=1S/C26H34N2O8/c1-7-35-20-11-16-9-10-28(19(15-24(29)33-5)18(16)14-21(20)36-8-2)26(30)27-17-12-22(31-3)25(34-6)23(13-17)32-4/h11-14,19H,7-10,15H2,1-6H3,(H,27,30). The number of anilines is 1. The molecule has 1 unspecified atom stereocenters. The molecule has 1 aliphatic heterocycles. The van der Waals surface area contributed by atoms with Gasteiger partial charge < -0.3 is 38.6 Å². The lowest BCUT2D eigenvalue weighted by Gasteiger charge is -2.37. The van der Waals surface area contributed by atoms with Crippen LogP contribution >= 0.6 is 0 Å². The molecule has 1 atom stereocenters. The minimum Gasteiger partial charge on any atom is -0.493 e. The summed E-state index contributed by atoms with van der Waals surface area (Å²) in [6.07, 6.45) is 0.577. The van der Waals surface area contributed by atoms with Gasteiger partial charge in [0.1, 0.15) is 0 Å². The Morgan fingerprint density at radius 1 is 0.889 bits per heavy atom. The lowest BCUT2D eigenvalue weighted by molar-refractivity contribution is -0.141. The fourth-order valence-electron chi connectivity index (χ4n) is 4.30. The number of methoxy groups -OCH3 is 4. The first kappa shape index (κ1) is 26.8. The van der Waals surface area contributed by atoms with Crippen LogP contribution in [0.3, 0.4) is 0 Å². The fraction of sp³-hybridized carbons (Fsp3) is 0.462. The molecule has 0 saturated heterocycles. The van der Waals surface area contributed by atoms with E-state index in [4.69, 9.17) is 28.4 Å². The van der Waals surface area contributed by atoms with E-state index < -0.39 is 12.0 Å². The molecule has 2 amide bonds. The Balaban J connectivity index is 1.98. The summed E-state index contributed by atoms with van der Waals surface area (Å²) in [6.45, 7) is 5.13. The molecule has 0 aliphatic carbocycles. The Morgan fingerprint density at radius 2 is 1.50 bits per heavy atom. The Hall–Kier alpha value is -3.82. The maximum atomic E-state index is 13.5. The number of esters is 1. The largest absolute Gasteiger partial charge is 0.493 e. The van der Waals surface area contributed by atoms with Crippen molar-refractivity contribution in [3.8, 4) is 28.7 Å². The molecule has 196 valence electrons. The van der Waals surface area contributed by atoms with Crippen LogP contribution in [-0.2, 0) is 16.0 Å². The van der Waals surface area contributed by atoms with E-state index in [1.807, 2.05) is 26.0 Å². The normalized spacial score (nSPS) is 14.4. The molecule has 0 radical (unpaired) electrons. The molecule has 2 aromatic rings. The van der Waals surface area contributed by atoms with E-state index in [1.54, 1.807) is 17.0 Å². The number of benzene rings is 2. The van der Waals surface area contributed by atoms with E-state index in [0.29, 0.717) is 60.6 Å². The van der Waals surface area contributed by atoms with Crippen molar-refractivity contribution >= 4 is 17.7 Å². The highest BCUT2D eigenvalue weighted by atomic mass is 16.5. The molecule has 0 bridgehead atoms. The highest BCUT2D eigenvalue weighted by Crippen LogP contribution is 2.42. The molecule has 1 N–H and O–H groups in total. The monoisotopic (exact) mass is 502 g/mol. The Kier molecular flexibility index (Phi) is 9.10. The SMILES string of the molecule is CCOc1cc2c(cc1OCC)C(CC(=O)OC)N(C(=O)Nc1cc(OC)c(OC)c(OC)c1)CC2. The Morgan fingerprint density at radius 3 is 2.03 bits per heavy atom. The zero-order chi connectivity index (χ0) is 26.2. The maximum Gasteiger partial charge on any atom is 0.322 e. The summed E-state index contributed by atoms with van der Waals surface area (Å²) in [5.74, 6) is 2.02. The van der Waals surface area contributed by atoms with Crippen molar-refractivity contribution in [2.45, 2.75) is 32.7 Å². The predicted octanol–water partition coefficient (Wildman–Crippen LogP) is 4.20. The third kappa shape index (κ3) is 5.69. The van der Waals surface area contributed by atoms with Crippen LogP contribution < -0.4 is 29.0 Å². The highest BCUT2D eigenvalue weighted by Gasteiger charge is 2.34. The molecule has 1 aliphatic rings. The first-order chi connectivity index (χ1) is 17.4. The van der Waals surface area contributed by atoms with Gasteiger partial charge in [0.05, 0.1) is 59.8 Å². The molecule has 10 nitrogen and oxygen atoms in total. The molecular formula is C26H34N2O8. The van der Waals surface area contributed by atoms with Gasteiger partial charge in [-0.1, -0.05) is 0 Å². The second kappa shape index (κ2) is 12.2. The van der Waals surface area contributed by atoms with Crippen molar-refractivity contribution in [2.24, 2.45) is 0 Å². The lowest BCUT2D eigenvalue weighted by Crippen LogP contribution is -2.43. The summed E-state index contributed by atoms with van der Waals surface area (Å²) in [6, 6.07) is 6.15. The quantitative estimate of drug-likeness (QED) is 0.482. The van der Waals surface area contributed by atoms with E-state index in [2.05, 4.69) is 5.32 Å². The van der Waals surface area contributed by atoms with Crippen LogP contribution in [0.2, 0.25) is 0 Å². The van der Waals surface area contributed by atoms with Crippen molar-refractivity contribution in [1.82, 2.24) is 4.90 Å². The number of carbonyl (C=O) groups excluding carboxylic acids is 2. The molecule has 2 aromatic carbocycles. The summed E-state index contributed by atoms with van der Waals surface area (Å²) in [5, 5.41) is 2.90. The number of hydrogen-bond donors (Lipinski definition) is 1. The van der Waals surface area contributed by atoms with Gasteiger partial charge in [-0.05, 0) is 43.5 Å². The number of carbonyl (C=O) groups is 2. The molecule has 0 fully saturated rings. The van der Waals surface area contributed by atoms with Gasteiger partial charge in [0.2, 0.25) is 5.75 Å². The van der Waals surface area contributed by atoms with Gasteiger partial charge in [-0.25, -0.2) is 4.79 Å². The number of rotatable bonds is 10. The summed E-state index contributed by atoms with van der Waals surface area (Å²) in [7, 11) is 5.84. The fourth-order valence-corrected chi connectivity index (χ4v) is 4.30. The average molecular weight is 503 g/mol. The van der Waals surface area contributed by atoms with Gasteiger partial charge in [-0.2, -0.15) is 0 Å². The predicted molar refractivity (Wildman–Crippen MR) is 134 cm³/mol. The number of urea groups is 1. The molecule has 1 heterocycles. The molecule has 10 heteroatoms. The van der Waals surface area contributed by atoms with Crippen LogP contribution in [0.4, 0.5) is 10.5 Å². The van der Waals surface area contributed by atoms with E-state index in [0.717, 1.165) is 11.1 Å². The second-order valence-electron chi connectivity index (χ2n) is 7.95. The first-order valence-electron chi connectivity index (χ1n) is 11.8. The third-order valence-corrected chi connectivity index (χ3v) is 5.93. The van der Waals surface area contributed by atoms with Crippen LogP contribution in [0, 0.1) is 0 Å². The third-order valence-electron chi connectivity index (χ3n) is 5.93. The van der Waals surface area contributed by atoms with E-state index >= 15 is 0 Å². The smallest absolute Gasteiger partial charge is 0.322 e. The molecule has 36 heavy (non-hydrogen) atoms. The van der Waals surface area contributed by atoms with E-state index in [-0.39, 0.29) is 12.5 Å². The minimum absolute atomic E-state index is 0.00821. The number of hydrogen-bond acceptors (Lipinski definition) is 8. The highest BCUT2D eigenvalue weighted by molar-refractivity contribution is 5.91. The Bertz CT molecular complexity index is 1060. The van der Waals surface area contributed by atoms with Crippen molar-refractivity contribution in [1.29, 1.82) is 0 Å². The number of nitrogens with one attached hydrogen (secondary N) is 1. The molecule has 3 rings (SSSR count). The van der Waals surface area contributed by atoms with Crippen molar-refractivity contribution in [3.63, 3.8) is 0 Å². The summed E-state index contributed by atoms with van der Waals surface area (Å²) < 4.78 is 32.6. The summed E-state index contributed by atoms with van der Waals surface area (Å²) in [5.41, 5.74) is 2.27. The molecule has 0 saturated carbocycles. The summed E-state index contributed by atoms with van der Waals surface area (Å²) in [4.78, 5) is 27.5.